The average molecular weight is 397 g/mol. The van der Waals surface area contributed by atoms with Crippen LogP contribution in [0.4, 0.5) is 4.39 Å². The van der Waals surface area contributed by atoms with Crippen LogP contribution in [0.3, 0.4) is 0 Å². The number of tetrazole rings is 1. The predicted octanol–water partition coefficient (Wildman–Crippen LogP) is 0.729. The SMILES string of the molecule is COc1ccc(CN(C)C(=O)CS(=O)(=O)Cc2nnnn2C2CC2)cc1F. The summed E-state index contributed by atoms with van der Waals surface area (Å²) in [6.07, 6.45) is 1.83. The van der Waals surface area contributed by atoms with Crippen LogP contribution < -0.4 is 4.74 Å². The van der Waals surface area contributed by atoms with Crippen LogP contribution in [-0.2, 0) is 26.9 Å². The Morgan fingerprint density at radius 3 is 2.78 bits per heavy atom. The van der Waals surface area contributed by atoms with E-state index in [1.165, 1.54) is 35.9 Å². The van der Waals surface area contributed by atoms with Crippen molar-refractivity contribution >= 4 is 15.7 Å². The van der Waals surface area contributed by atoms with E-state index in [-0.39, 0.29) is 24.2 Å². The first kappa shape index (κ1) is 19.2. The summed E-state index contributed by atoms with van der Waals surface area (Å²) >= 11 is 0. The number of aromatic nitrogens is 4. The van der Waals surface area contributed by atoms with Crippen LogP contribution in [0.1, 0.15) is 30.3 Å². The lowest BCUT2D eigenvalue weighted by molar-refractivity contribution is -0.127. The van der Waals surface area contributed by atoms with Gasteiger partial charge in [0.05, 0.1) is 13.2 Å². The standard InChI is InChI=1S/C16H20FN5O4S/c1-21(8-11-3-6-14(26-2)13(17)7-11)16(23)10-27(24,25)9-15-18-19-20-22(15)12-4-5-12/h3,6-7,12H,4-5,8-10H2,1-2H3. The van der Waals surface area contributed by atoms with E-state index in [0.29, 0.717) is 5.56 Å². The van der Waals surface area contributed by atoms with E-state index in [4.69, 9.17) is 4.74 Å². The molecule has 1 aliphatic rings. The molecule has 0 aliphatic heterocycles. The van der Waals surface area contributed by atoms with Gasteiger partial charge in [-0.25, -0.2) is 17.5 Å². The second kappa shape index (κ2) is 7.59. The Morgan fingerprint density at radius 1 is 1.41 bits per heavy atom. The minimum Gasteiger partial charge on any atom is -0.494 e. The van der Waals surface area contributed by atoms with Crippen molar-refractivity contribution in [2.24, 2.45) is 0 Å². The minimum atomic E-state index is -3.74. The Hall–Kier alpha value is -2.56. The summed E-state index contributed by atoms with van der Waals surface area (Å²) in [6, 6.07) is 4.47. The first-order chi connectivity index (χ1) is 12.8. The molecule has 1 aromatic carbocycles. The van der Waals surface area contributed by atoms with Gasteiger partial charge < -0.3 is 9.64 Å². The maximum absolute atomic E-state index is 13.7. The van der Waals surface area contributed by atoms with Gasteiger partial charge >= 0.3 is 0 Å². The van der Waals surface area contributed by atoms with Crippen molar-refractivity contribution in [1.29, 1.82) is 0 Å². The zero-order chi connectivity index (χ0) is 19.6. The second-order valence-electron chi connectivity index (χ2n) is 6.52. The monoisotopic (exact) mass is 397 g/mol. The number of sulfone groups is 1. The highest BCUT2D eigenvalue weighted by molar-refractivity contribution is 7.91. The van der Waals surface area contributed by atoms with Gasteiger partial charge in [0.1, 0.15) is 11.5 Å². The number of benzene rings is 1. The number of methoxy groups -OCH3 is 1. The molecular formula is C16H20FN5O4S. The van der Waals surface area contributed by atoms with Crippen molar-refractivity contribution < 1.29 is 22.3 Å². The van der Waals surface area contributed by atoms with Gasteiger partial charge in [0.2, 0.25) is 5.91 Å². The van der Waals surface area contributed by atoms with E-state index in [1.807, 2.05) is 0 Å². The lowest BCUT2D eigenvalue weighted by atomic mass is 10.2. The first-order valence-corrected chi connectivity index (χ1v) is 10.1. The van der Waals surface area contributed by atoms with Crippen molar-refractivity contribution in [3.05, 3.63) is 35.4 Å². The third-order valence-electron chi connectivity index (χ3n) is 4.21. The molecular weight excluding hydrogens is 377 g/mol. The lowest BCUT2D eigenvalue weighted by Crippen LogP contribution is -2.33. The van der Waals surface area contributed by atoms with E-state index >= 15 is 0 Å². The van der Waals surface area contributed by atoms with Crippen LogP contribution in [0.5, 0.6) is 5.75 Å². The van der Waals surface area contributed by atoms with Crippen molar-refractivity contribution in [2.45, 2.75) is 31.2 Å². The molecule has 27 heavy (non-hydrogen) atoms. The molecule has 1 amide bonds. The maximum Gasteiger partial charge on any atom is 0.237 e. The number of rotatable bonds is 8. The smallest absolute Gasteiger partial charge is 0.237 e. The number of ether oxygens (including phenoxy) is 1. The fourth-order valence-corrected chi connectivity index (χ4v) is 3.91. The molecule has 0 spiro atoms. The Kier molecular flexibility index (Phi) is 5.40. The zero-order valence-corrected chi connectivity index (χ0v) is 15.8. The Balaban J connectivity index is 1.61. The quantitative estimate of drug-likeness (QED) is 0.646. The molecule has 1 saturated carbocycles. The molecule has 3 rings (SSSR count). The van der Waals surface area contributed by atoms with Crippen LogP contribution in [0.2, 0.25) is 0 Å². The van der Waals surface area contributed by atoms with Crippen molar-refractivity contribution in [3.63, 3.8) is 0 Å². The highest BCUT2D eigenvalue weighted by Gasteiger charge is 2.30. The third kappa shape index (κ3) is 4.79. The first-order valence-electron chi connectivity index (χ1n) is 8.32. The van der Waals surface area contributed by atoms with Crippen LogP contribution in [0.15, 0.2) is 18.2 Å². The molecule has 146 valence electrons. The number of amides is 1. The van der Waals surface area contributed by atoms with Gasteiger partial charge in [-0.3, -0.25) is 4.79 Å². The number of halogens is 1. The summed E-state index contributed by atoms with van der Waals surface area (Å²) in [4.78, 5) is 13.5. The van der Waals surface area contributed by atoms with Gasteiger partial charge in [0.15, 0.2) is 27.2 Å². The van der Waals surface area contributed by atoms with Crippen molar-refractivity contribution in [2.75, 3.05) is 19.9 Å². The highest BCUT2D eigenvalue weighted by Crippen LogP contribution is 2.34. The average Bonchev–Trinajstić information content (AvgIpc) is 3.34. The number of hydrogen-bond donors (Lipinski definition) is 0. The number of hydrogen-bond acceptors (Lipinski definition) is 7. The predicted molar refractivity (Wildman–Crippen MR) is 93.0 cm³/mol. The van der Waals surface area contributed by atoms with E-state index in [2.05, 4.69) is 15.5 Å². The van der Waals surface area contributed by atoms with E-state index in [1.54, 1.807) is 6.07 Å². The molecule has 1 heterocycles. The van der Waals surface area contributed by atoms with Gasteiger partial charge in [0.25, 0.3) is 0 Å². The molecule has 0 saturated heterocycles. The maximum atomic E-state index is 13.7. The molecule has 0 N–H and O–H groups in total. The summed E-state index contributed by atoms with van der Waals surface area (Å²) in [5.41, 5.74) is 0.527. The molecule has 1 aromatic heterocycles. The van der Waals surface area contributed by atoms with Crippen LogP contribution in [0, 0.1) is 5.82 Å². The highest BCUT2D eigenvalue weighted by atomic mass is 32.2. The van der Waals surface area contributed by atoms with Crippen molar-refractivity contribution in [1.82, 2.24) is 25.1 Å². The normalized spacial score (nSPS) is 14.2. The molecule has 0 atom stereocenters. The van der Waals surface area contributed by atoms with Crippen molar-refractivity contribution in [3.8, 4) is 5.75 Å². The Labute approximate surface area is 156 Å². The Morgan fingerprint density at radius 2 is 2.15 bits per heavy atom. The second-order valence-corrected chi connectivity index (χ2v) is 8.59. The summed E-state index contributed by atoms with van der Waals surface area (Å²) < 4.78 is 44.8. The van der Waals surface area contributed by atoms with Crippen LogP contribution >= 0.6 is 0 Å². The van der Waals surface area contributed by atoms with Gasteiger partial charge in [-0.15, -0.1) is 5.10 Å². The van der Waals surface area contributed by atoms with E-state index < -0.39 is 33.1 Å². The Bertz CT molecular complexity index is 942. The topological polar surface area (TPSA) is 107 Å². The summed E-state index contributed by atoms with van der Waals surface area (Å²) in [6.45, 7) is 0.0785. The largest absolute Gasteiger partial charge is 0.494 e. The number of carbonyl (C=O) groups is 1. The van der Waals surface area contributed by atoms with Crippen LogP contribution in [-0.4, -0.2) is 59.3 Å². The molecule has 0 radical (unpaired) electrons. The van der Waals surface area contributed by atoms with E-state index in [9.17, 15) is 17.6 Å². The molecule has 9 nitrogen and oxygen atoms in total. The summed E-state index contributed by atoms with van der Waals surface area (Å²) in [5, 5.41) is 11.1. The molecule has 1 aliphatic carbocycles. The molecule has 0 unspecified atom stereocenters. The minimum absolute atomic E-state index is 0.0785. The summed E-state index contributed by atoms with van der Waals surface area (Å²) in [7, 11) is -0.911. The fraction of sp³-hybridized carbons (Fsp3) is 0.500. The molecule has 0 bridgehead atoms. The zero-order valence-electron chi connectivity index (χ0n) is 15.0. The fourth-order valence-electron chi connectivity index (χ4n) is 2.63. The van der Waals surface area contributed by atoms with Gasteiger partial charge in [-0.1, -0.05) is 6.07 Å². The lowest BCUT2D eigenvalue weighted by Gasteiger charge is -2.17. The third-order valence-corrected chi connectivity index (χ3v) is 5.59. The number of carbonyl (C=O) groups excluding carboxylic acids is 1. The van der Waals surface area contributed by atoms with Gasteiger partial charge in [0, 0.05) is 13.6 Å². The van der Waals surface area contributed by atoms with Gasteiger partial charge in [-0.05, 0) is 41.0 Å². The molecule has 1 fully saturated rings. The van der Waals surface area contributed by atoms with Crippen LogP contribution in [0.25, 0.3) is 0 Å². The molecule has 2 aromatic rings. The number of nitrogens with zero attached hydrogens (tertiary/aromatic N) is 5. The van der Waals surface area contributed by atoms with Gasteiger partial charge in [-0.2, -0.15) is 0 Å². The summed E-state index contributed by atoms with van der Waals surface area (Å²) in [5.74, 6) is -1.85. The van der Waals surface area contributed by atoms with E-state index in [0.717, 1.165) is 12.8 Å². The molecule has 11 heteroatoms.